The summed E-state index contributed by atoms with van der Waals surface area (Å²) < 4.78 is 5.54. The number of hydrogen-bond acceptors (Lipinski definition) is 6. The minimum atomic E-state index is -0.491. The molecule has 2 aliphatic heterocycles. The fraction of sp³-hybridized carbons (Fsp3) is 0.640. The molecule has 182 valence electrons. The molecule has 2 aliphatic rings. The number of hydrogen-bond donors (Lipinski definition) is 2. The van der Waals surface area contributed by atoms with Gasteiger partial charge in [-0.15, -0.1) is 0 Å². The van der Waals surface area contributed by atoms with Crippen LogP contribution >= 0.6 is 0 Å². The summed E-state index contributed by atoms with van der Waals surface area (Å²) in [6.45, 7) is 13.9. The summed E-state index contributed by atoms with van der Waals surface area (Å²) in [5, 5.41) is 13.4. The van der Waals surface area contributed by atoms with Gasteiger partial charge in [0.15, 0.2) is 0 Å². The molecule has 1 aromatic carbocycles. The van der Waals surface area contributed by atoms with Crippen molar-refractivity contribution in [2.45, 2.75) is 78.4 Å². The van der Waals surface area contributed by atoms with Gasteiger partial charge in [-0.05, 0) is 64.3 Å². The maximum atomic E-state index is 12.4. The minimum Gasteiger partial charge on any atom is -0.507 e. The Kier molecular flexibility index (Phi) is 7.07. The second-order valence-electron chi connectivity index (χ2n) is 11.1. The Bertz CT molecular complexity index is 921. The Balaban J connectivity index is 1.78. The number of anilines is 1. The molecule has 0 aliphatic carbocycles. The van der Waals surface area contributed by atoms with Crippen LogP contribution < -0.4 is 10.2 Å². The van der Waals surface area contributed by atoms with E-state index in [9.17, 15) is 19.5 Å². The van der Waals surface area contributed by atoms with Crippen LogP contribution in [0.15, 0.2) is 12.1 Å². The van der Waals surface area contributed by atoms with Gasteiger partial charge in [0, 0.05) is 36.3 Å². The molecular weight excluding hydrogens is 422 g/mol. The number of aromatic hydroxyl groups is 1. The van der Waals surface area contributed by atoms with Crippen molar-refractivity contribution in [1.29, 1.82) is 0 Å². The van der Waals surface area contributed by atoms with Crippen molar-refractivity contribution in [2.75, 3.05) is 24.5 Å². The first kappa shape index (κ1) is 25.0. The van der Waals surface area contributed by atoms with Gasteiger partial charge in [0.1, 0.15) is 11.4 Å². The van der Waals surface area contributed by atoms with Crippen molar-refractivity contribution >= 4 is 23.6 Å². The number of ether oxygens (including phenoxy) is 1. The van der Waals surface area contributed by atoms with Crippen molar-refractivity contribution < 1.29 is 24.2 Å². The number of amides is 3. The molecule has 3 amide bonds. The molecule has 2 fully saturated rings. The molecule has 0 atom stereocenters. The standard InChI is InChI=1S/C25H37N3O5/c1-24(2,3)19-14-18(28-12-9-20(29)26-23(28)32)13-17(21(19)30)15-27-10-7-16(8-11-27)22(31)33-25(4,5)6/h13-14,16,30H,7-12,15H2,1-6H3,(H,26,29,32). The topological polar surface area (TPSA) is 99.2 Å². The molecule has 0 radical (unpaired) electrons. The van der Waals surface area contributed by atoms with Crippen molar-refractivity contribution in [3.63, 3.8) is 0 Å². The van der Waals surface area contributed by atoms with Crippen LogP contribution in [0.3, 0.4) is 0 Å². The molecule has 8 nitrogen and oxygen atoms in total. The van der Waals surface area contributed by atoms with Gasteiger partial charge in [-0.1, -0.05) is 20.8 Å². The number of nitrogens with zero attached hydrogens (tertiary/aromatic N) is 2. The summed E-state index contributed by atoms with van der Waals surface area (Å²) in [6.07, 6.45) is 1.65. The number of carbonyl (C=O) groups is 3. The molecule has 2 saturated heterocycles. The number of phenolic OH excluding ortho intramolecular Hbond substituents is 1. The molecule has 0 bridgehead atoms. The number of nitrogens with one attached hydrogen (secondary N) is 1. The van der Waals surface area contributed by atoms with Gasteiger partial charge in [-0.2, -0.15) is 0 Å². The van der Waals surface area contributed by atoms with Crippen LogP contribution in [0.4, 0.5) is 10.5 Å². The summed E-state index contributed by atoms with van der Waals surface area (Å²) >= 11 is 0. The van der Waals surface area contributed by atoms with Crippen LogP contribution in [0.2, 0.25) is 0 Å². The average Bonchev–Trinajstić information content (AvgIpc) is 2.68. The van der Waals surface area contributed by atoms with E-state index in [2.05, 4.69) is 10.2 Å². The summed E-state index contributed by atoms with van der Waals surface area (Å²) in [5.41, 5.74) is 1.33. The van der Waals surface area contributed by atoms with Crippen molar-refractivity contribution in [2.24, 2.45) is 5.92 Å². The number of carbonyl (C=O) groups excluding carboxylic acids is 3. The number of urea groups is 1. The number of esters is 1. The lowest BCUT2D eigenvalue weighted by molar-refractivity contribution is -0.161. The van der Waals surface area contributed by atoms with Gasteiger partial charge in [0.25, 0.3) is 0 Å². The normalized spacial score (nSPS) is 18.9. The fourth-order valence-corrected chi connectivity index (χ4v) is 4.29. The van der Waals surface area contributed by atoms with E-state index in [4.69, 9.17) is 4.74 Å². The second-order valence-corrected chi connectivity index (χ2v) is 11.1. The lowest BCUT2D eigenvalue weighted by Crippen LogP contribution is -2.49. The van der Waals surface area contributed by atoms with E-state index in [-0.39, 0.29) is 35.4 Å². The van der Waals surface area contributed by atoms with Crippen LogP contribution in [-0.4, -0.2) is 53.1 Å². The third-order valence-electron chi connectivity index (χ3n) is 6.07. The monoisotopic (exact) mass is 459 g/mol. The quantitative estimate of drug-likeness (QED) is 0.667. The van der Waals surface area contributed by atoms with Crippen molar-refractivity contribution in [3.05, 3.63) is 23.3 Å². The Hall–Kier alpha value is -2.61. The minimum absolute atomic E-state index is 0.111. The zero-order chi connectivity index (χ0) is 24.6. The van der Waals surface area contributed by atoms with Gasteiger partial charge in [-0.25, -0.2) is 4.79 Å². The van der Waals surface area contributed by atoms with E-state index in [0.717, 1.165) is 24.2 Å². The molecule has 0 aromatic heterocycles. The zero-order valence-corrected chi connectivity index (χ0v) is 20.7. The number of imide groups is 1. The van der Waals surface area contributed by atoms with Gasteiger partial charge in [0.05, 0.1) is 5.92 Å². The summed E-state index contributed by atoms with van der Waals surface area (Å²) in [4.78, 5) is 40.2. The molecule has 2 heterocycles. The SMILES string of the molecule is CC(C)(C)OC(=O)C1CCN(Cc2cc(N3CCC(=O)NC3=O)cc(C(C)(C)C)c2O)CC1. The Labute approximate surface area is 196 Å². The number of benzene rings is 1. The van der Waals surface area contributed by atoms with E-state index < -0.39 is 11.6 Å². The Morgan fingerprint density at radius 3 is 2.27 bits per heavy atom. The maximum absolute atomic E-state index is 12.4. The highest BCUT2D eigenvalue weighted by molar-refractivity contribution is 6.05. The number of likely N-dealkylation sites (tertiary alicyclic amines) is 1. The highest BCUT2D eigenvalue weighted by Crippen LogP contribution is 2.38. The van der Waals surface area contributed by atoms with Crippen LogP contribution in [-0.2, 0) is 26.3 Å². The largest absolute Gasteiger partial charge is 0.507 e. The average molecular weight is 460 g/mol. The fourth-order valence-electron chi connectivity index (χ4n) is 4.29. The smallest absolute Gasteiger partial charge is 0.328 e. The number of phenols is 1. The molecular formula is C25H37N3O5. The first-order valence-corrected chi connectivity index (χ1v) is 11.7. The van der Waals surface area contributed by atoms with Gasteiger partial charge < -0.3 is 9.84 Å². The van der Waals surface area contributed by atoms with Gasteiger partial charge >= 0.3 is 12.0 Å². The van der Waals surface area contributed by atoms with E-state index in [1.165, 1.54) is 0 Å². The highest BCUT2D eigenvalue weighted by Gasteiger charge is 2.31. The molecule has 1 aromatic rings. The summed E-state index contributed by atoms with van der Waals surface area (Å²) in [7, 11) is 0. The van der Waals surface area contributed by atoms with Crippen LogP contribution in [0, 0.1) is 5.92 Å². The molecule has 0 saturated carbocycles. The molecule has 0 unspecified atom stereocenters. The number of rotatable bonds is 4. The van der Waals surface area contributed by atoms with Crippen LogP contribution in [0.25, 0.3) is 0 Å². The maximum Gasteiger partial charge on any atom is 0.328 e. The predicted octanol–water partition coefficient (Wildman–Crippen LogP) is 3.69. The molecule has 3 rings (SSSR count). The van der Waals surface area contributed by atoms with E-state index in [0.29, 0.717) is 31.6 Å². The van der Waals surface area contributed by atoms with E-state index in [1.807, 2.05) is 53.7 Å². The summed E-state index contributed by atoms with van der Waals surface area (Å²) in [6, 6.07) is 3.23. The zero-order valence-electron chi connectivity index (χ0n) is 20.7. The Morgan fingerprint density at radius 2 is 1.73 bits per heavy atom. The lowest BCUT2D eigenvalue weighted by Gasteiger charge is -2.34. The highest BCUT2D eigenvalue weighted by atomic mass is 16.6. The predicted molar refractivity (Wildman–Crippen MR) is 126 cm³/mol. The molecule has 33 heavy (non-hydrogen) atoms. The van der Waals surface area contributed by atoms with Crippen LogP contribution in [0.5, 0.6) is 5.75 Å². The van der Waals surface area contributed by atoms with Gasteiger partial charge in [0.2, 0.25) is 5.91 Å². The first-order chi connectivity index (χ1) is 15.2. The van der Waals surface area contributed by atoms with E-state index >= 15 is 0 Å². The third kappa shape index (κ3) is 6.25. The van der Waals surface area contributed by atoms with Crippen molar-refractivity contribution in [1.82, 2.24) is 10.2 Å². The van der Waals surface area contributed by atoms with E-state index in [1.54, 1.807) is 4.90 Å². The van der Waals surface area contributed by atoms with Crippen molar-refractivity contribution in [3.8, 4) is 5.75 Å². The Morgan fingerprint density at radius 1 is 1.09 bits per heavy atom. The first-order valence-electron chi connectivity index (χ1n) is 11.7. The summed E-state index contributed by atoms with van der Waals surface area (Å²) in [5.74, 6) is -0.305. The lowest BCUT2D eigenvalue weighted by atomic mass is 9.84. The molecule has 0 spiro atoms. The molecule has 2 N–H and O–H groups in total. The number of piperidine rings is 1. The molecule has 8 heteroatoms. The van der Waals surface area contributed by atoms with Crippen LogP contribution in [0.1, 0.15) is 71.9 Å². The third-order valence-corrected chi connectivity index (χ3v) is 6.07. The van der Waals surface area contributed by atoms with Gasteiger partial charge in [-0.3, -0.25) is 24.7 Å². The second kappa shape index (κ2) is 9.33.